The Hall–Kier alpha value is -3.82. The molecule has 0 spiro atoms. The maximum Gasteiger partial charge on any atom is 0.291 e. The van der Waals surface area contributed by atoms with E-state index in [0.29, 0.717) is 31.8 Å². The second kappa shape index (κ2) is 9.13. The van der Waals surface area contributed by atoms with E-state index in [1.54, 1.807) is 43.3 Å². The van der Waals surface area contributed by atoms with Gasteiger partial charge < -0.3 is 24.8 Å². The summed E-state index contributed by atoms with van der Waals surface area (Å²) in [4.78, 5) is 37.8. The molecular weight excluding hydrogens is 454 g/mol. The number of aryl methyl sites for hydroxylation is 1. The third-order valence-electron chi connectivity index (χ3n) is 4.33. The number of carbonyl (C=O) groups is 3. The molecule has 0 saturated heterocycles. The lowest BCUT2D eigenvalue weighted by Crippen LogP contribution is -2.16. The first-order valence-electron chi connectivity index (χ1n) is 9.32. The number of benzene rings is 1. The molecule has 3 amide bonds. The van der Waals surface area contributed by atoms with Crippen molar-refractivity contribution in [1.29, 1.82) is 0 Å². The Bertz CT molecular complexity index is 1280. The van der Waals surface area contributed by atoms with Gasteiger partial charge in [-0.05, 0) is 61.0 Å². The zero-order chi connectivity index (χ0) is 22.7. The number of halogens is 1. The lowest BCUT2D eigenvalue weighted by molar-refractivity contribution is 0.0989. The van der Waals surface area contributed by atoms with Gasteiger partial charge in [0, 0.05) is 5.02 Å². The molecule has 162 valence electrons. The van der Waals surface area contributed by atoms with Crippen LogP contribution in [0, 0.1) is 6.92 Å². The first-order chi connectivity index (χ1) is 15.4. The van der Waals surface area contributed by atoms with Crippen molar-refractivity contribution in [2.75, 3.05) is 16.0 Å². The van der Waals surface area contributed by atoms with E-state index in [1.165, 1.54) is 24.7 Å². The number of thiophene rings is 1. The molecule has 32 heavy (non-hydrogen) atoms. The van der Waals surface area contributed by atoms with Gasteiger partial charge in [0.05, 0.1) is 33.8 Å². The molecule has 0 atom stereocenters. The Morgan fingerprint density at radius 2 is 1.44 bits per heavy atom. The van der Waals surface area contributed by atoms with Gasteiger partial charge in [-0.2, -0.15) is 0 Å². The van der Waals surface area contributed by atoms with E-state index in [9.17, 15) is 14.4 Å². The van der Waals surface area contributed by atoms with E-state index in [-0.39, 0.29) is 11.5 Å². The Morgan fingerprint density at radius 3 is 2.06 bits per heavy atom. The Labute approximate surface area is 191 Å². The van der Waals surface area contributed by atoms with Gasteiger partial charge in [0.1, 0.15) is 0 Å². The molecule has 0 aliphatic rings. The van der Waals surface area contributed by atoms with Crippen LogP contribution < -0.4 is 16.0 Å². The van der Waals surface area contributed by atoms with Crippen molar-refractivity contribution < 1.29 is 23.2 Å². The van der Waals surface area contributed by atoms with Crippen LogP contribution in [-0.2, 0) is 0 Å². The van der Waals surface area contributed by atoms with Crippen molar-refractivity contribution in [2.24, 2.45) is 0 Å². The van der Waals surface area contributed by atoms with Crippen LogP contribution in [0.2, 0.25) is 5.02 Å². The van der Waals surface area contributed by atoms with Gasteiger partial charge in [0.15, 0.2) is 11.5 Å². The quantitative estimate of drug-likeness (QED) is 0.337. The highest BCUT2D eigenvalue weighted by Gasteiger charge is 2.19. The number of amides is 3. The summed E-state index contributed by atoms with van der Waals surface area (Å²) in [5, 5.41) is 9.04. The molecule has 10 heteroatoms. The molecular formula is C22H16ClN3O5S. The summed E-state index contributed by atoms with van der Waals surface area (Å²) in [6.07, 6.45) is 2.79. The monoisotopic (exact) mass is 469 g/mol. The summed E-state index contributed by atoms with van der Waals surface area (Å²) in [6.45, 7) is 1.76. The second-order valence-corrected chi connectivity index (χ2v) is 8.12. The largest absolute Gasteiger partial charge is 0.459 e. The first-order valence-corrected chi connectivity index (χ1v) is 10.5. The van der Waals surface area contributed by atoms with Gasteiger partial charge in [0.2, 0.25) is 0 Å². The standard InChI is InChI=1S/C22H16ClN3O5S/c1-12-10-18(26-21(28)17-5-3-9-31-17)32-19(12)22(29)24-14-7-6-13(23)11-15(14)25-20(27)16-4-2-8-30-16/h2-11H,1H3,(H,24,29)(H,25,27)(H,26,28). The number of nitrogens with one attached hydrogen (secondary N) is 3. The van der Waals surface area contributed by atoms with Crippen molar-refractivity contribution in [1.82, 2.24) is 0 Å². The van der Waals surface area contributed by atoms with Crippen molar-refractivity contribution in [3.05, 3.63) is 88.0 Å². The fraction of sp³-hybridized carbons (Fsp3) is 0.0455. The molecule has 0 unspecified atom stereocenters. The topological polar surface area (TPSA) is 114 Å². The molecule has 0 saturated carbocycles. The molecule has 0 aliphatic heterocycles. The summed E-state index contributed by atoms with van der Waals surface area (Å²) in [5.74, 6) is -1.01. The number of carbonyl (C=O) groups excluding carboxylic acids is 3. The van der Waals surface area contributed by atoms with Crippen LogP contribution in [0.1, 0.15) is 36.3 Å². The average molecular weight is 470 g/mol. The van der Waals surface area contributed by atoms with E-state index >= 15 is 0 Å². The summed E-state index contributed by atoms with van der Waals surface area (Å²) in [6, 6.07) is 12.7. The van der Waals surface area contributed by atoms with Crippen molar-refractivity contribution >= 4 is 57.0 Å². The number of anilines is 3. The van der Waals surface area contributed by atoms with Crippen LogP contribution in [0.15, 0.2) is 69.9 Å². The fourth-order valence-corrected chi connectivity index (χ4v) is 3.99. The Kier molecular flexibility index (Phi) is 6.11. The number of furan rings is 2. The van der Waals surface area contributed by atoms with E-state index in [2.05, 4.69) is 16.0 Å². The van der Waals surface area contributed by atoms with Gasteiger partial charge >= 0.3 is 0 Å². The van der Waals surface area contributed by atoms with E-state index < -0.39 is 17.7 Å². The van der Waals surface area contributed by atoms with Crippen molar-refractivity contribution in [3.8, 4) is 0 Å². The molecule has 0 aliphatic carbocycles. The minimum Gasteiger partial charge on any atom is -0.459 e. The molecule has 4 aromatic rings. The molecule has 3 aromatic heterocycles. The highest BCUT2D eigenvalue weighted by Crippen LogP contribution is 2.31. The van der Waals surface area contributed by atoms with Crippen molar-refractivity contribution in [3.63, 3.8) is 0 Å². The van der Waals surface area contributed by atoms with Crippen LogP contribution in [0.4, 0.5) is 16.4 Å². The maximum absolute atomic E-state index is 12.9. The molecule has 3 N–H and O–H groups in total. The first kappa shape index (κ1) is 21.4. The number of hydrogen-bond donors (Lipinski definition) is 3. The highest BCUT2D eigenvalue weighted by atomic mass is 35.5. The molecule has 8 nitrogen and oxygen atoms in total. The molecule has 0 bridgehead atoms. The summed E-state index contributed by atoms with van der Waals surface area (Å²) >= 11 is 7.18. The minimum absolute atomic E-state index is 0.119. The number of rotatable bonds is 6. The van der Waals surface area contributed by atoms with Crippen LogP contribution >= 0.6 is 22.9 Å². The van der Waals surface area contributed by atoms with Crippen LogP contribution in [0.5, 0.6) is 0 Å². The Morgan fingerprint density at radius 1 is 0.812 bits per heavy atom. The minimum atomic E-state index is -0.483. The maximum atomic E-state index is 12.9. The second-order valence-electron chi connectivity index (χ2n) is 6.63. The zero-order valence-corrected chi connectivity index (χ0v) is 18.2. The van der Waals surface area contributed by atoms with Gasteiger partial charge in [-0.15, -0.1) is 11.3 Å². The van der Waals surface area contributed by atoms with E-state index in [0.717, 1.165) is 11.3 Å². The third kappa shape index (κ3) is 4.74. The van der Waals surface area contributed by atoms with E-state index in [1.807, 2.05) is 0 Å². The highest BCUT2D eigenvalue weighted by molar-refractivity contribution is 7.18. The predicted octanol–water partition coefficient (Wildman–Crippen LogP) is 5.65. The molecule has 0 radical (unpaired) electrons. The zero-order valence-electron chi connectivity index (χ0n) is 16.6. The van der Waals surface area contributed by atoms with Gasteiger partial charge in [-0.25, -0.2) is 0 Å². The lowest BCUT2D eigenvalue weighted by atomic mass is 10.2. The van der Waals surface area contributed by atoms with Crippen LogP contribution in [-0.4, -0.2) is 17.7 Å². The lowest BCUT2D eigenvalue weighted by Gasteiger charge is -2.12. The molecule has 3 heterocycles. The van der Waals surface area contributed by atoms with Crippen LogP contribution in [0.3, 0.4) is 0 Å². The normalized spacial score (nSPS) is 10.6. The smallest absolute Gasteiger partial charge is 0.291 e. The summed E-state index contributed by atoms with van der Waals surface area (Å²) in [5.41, 5.74) is 1.35. The van der Waals surface area contributed by atoms with Crippen LogP contribution in [0.25, 0.3) is 0 Å². The molecule has 4 rings (SSSR count). The molecule has 0 fully saturated rings. The Balaban J connectivity index is 1.51. The van der Waals surface area contributed by atoms with Gasteiger partial charge in [-0.1, -0.05) is 11.6 Å². The predicted molar refractivity (Wildman–Crippen MR) is 122 cm³/mol. The van der Waals surface area contributed by atoms with Gasteiger partial charge in [-0.3, -0.25) is 14.4 Å². The van der Waals surface area contributed by atoms with Crippen molar-refractivity contribution in [2.45, 2.75) is 6.92 Å². The molecule has 1 aromatic carbocycles. The third-order valence-corrected chi connectivity index (χ3v) is 5.72. The fourth-order valence-electron chi connectivity index (χ4n) is 2.85. The average Bonchev–Trinajstić information content (AvgIpc) is 3.52. The summed E-state index contributed by atoms with van der Waals surface area (Å²) in [7, 11) is 0. The van der Waals surface area contributed by atoms with E-state index in [4.69, 9.17) is 20.4 Å². The summed E-state index contributed by atoms with van der Waals surface area (Å²) < 4.78 is 10.2. The van der Waals surface area contributed by atoms with Gasteiger partial charge in [0.25, 0.3) is 17.7 Å². The number of hydrogen-bond acceptors (Lipinski definition) is 6. The SMILES string of the molecule is Cc1cc(NC(=O)c2ccco2)sc1C(=O)Nc1ccc(Cl)cc1NC(=O)c1ccco1.